The number of nitrogens with zero attached hydrogens (tertiary/aromatic N) is 1. The second kappa shape index (κ2) is 4.68. The smallest absolute Gasteiger partial charge is 0.205 e. The molecule has 0 fully saturated rings. The molecule has 0 bridgehead atoms. The molecule has 106 valence electrons. The third kappa shape index (κ3) is 1.69. The molecule has 2 heterocycles. The van der Waals surface area contributed by atoms with Gasteiger partial charge in [0.2, 0.25) is 5.88 Å². The van der Waals surface area contributed by atoms with Crippen LogP contribution in [-0.2, 0) is 0 Å². The lowest BCUT2D eigenvalue weighted by atomic mass is 9.85. The fourth-order valence-electron chi connectivity index (χ4n) is 3.03. The van der Waals surface area contributed by atoms with Gasteiger partial charge in [0, 0.05) is 22.8 Å². The fourth-order valence-corrected chi connectivity index (χ4v) is 3.03. The summed E-state index contributed by atoms with van der Waals surface area (Å²) in [4.78, 5) is 3.18. The Balaban J connectivity index is 2.04. The lowest BCUT2D eigenvalue weighted by Gasteiger charge is -2.26. The number of hydrogen-bond donors (Lipinski definition) is 2. The Bertz CT molecular complexity index is 933. The second-order valence-electron chi connectivity index (χ2n) is 5.26. The molecule has 0 radical (unpaired) electrons. The zero-order chi connectivity index (χ0) is 15.1. The highest BCUT2D eigenvalue weighted by atomic mass is 16.5. The van der Waals surface area contributed by atoms with E-state index in [2.05, 4.69) is 11.1 Å². The summed E-state index contributed by atoms with van der Waals surface area (Å²) in [5, 5.41) is 11.6. The van der Waals surface area contributed by atoms with Crippen LogP contribution in [0.25, 0.3) is 10.8 Å². The van der Waals surface area contributed by atoms with Gasteiger partial charge in [0.15, 0.2) is 0 Å². The molecular weight excluding hydrogens is 274 g/mol. The van der Waals surface area contributed by atoms with Gasteiger partial charge in [-0.3, -0.25) is 0 Å². The summed E-state index contributed by atoms with van der Waals surface area (Å²) in [5.41, 5.74) is 8.33. The Morgan fingerprint density at radius 3 is 2.73 bits per heavy atom. The Morgan fingerprint density at radius 2 is 1.95 bits per heavy atom. The molecule has 1 atom stereocenters. The van der Waals surface area contributed by atoms with Crippen molar-refractivity contribution in [3.63, 3.8) is 0 Å². The minimum Gasteiger partial charge on any atom is -0.440 e. The third-order valence-electron chi connectivity index (χ3n) is 4.04. The summed E-state index contributed by atoms with van der Waals surface area (Å²) in [5.74, 6) is 0.675. The first-order valence-corrected chi connectivity index (χ1v) is 7.02. The zero-order valence-electron chi connectivity index (χ0n) is 11.7. The van der Waals surface area contributed by atoms with Crippen LogP contribution in [0.1, 0.15) is 17.2 Å². The number of nitriles is 1. The Labute approximate surface area is 127 Å². The van der Waals surface area contributed by atoms with E-state index in [1.807, 2.05) is 54.7 Å². The number of rotatable bonds is 1. The lowest BCUT2D eigenvalue weighted by Crippen LogP contribution is -2.21. The SMILES string of the molecule is N#CC1=C(N)Oc2c(ccc3ccccc23)[C@H]1c1ccc[nH]1. The van der Waals surface area contributed by atoms with Crippen LogP contribution in [0.3, 0.4) is 0 Å². The van der Waals surface area contributed by atoms with Gasteiger partial charge in [-0.2, -0.15) is 5.26 Å². The lowest BCUT2D eigenvalue weighted by molar-refractivity contribution is 0.398. The van der Waals surface area contributed by atoms with Crippen molar-refractivity contribution in [3.05, 3.63) is 77.4 Å². The molecule has 4 nitrogen and oxygen atoms in total. The van der Waals surface area contributed by atoms with Crippen molar-refractivity contribution in [2.45, 2.75) is 5.92 Å². The van der Waals surface area contributed by atoms with Gasteiger partial charge < -0.3 is 15.5 Å². The van der Waals surface area contributed by atoms with Crippen molar-refractivity contribution in [3.8, 4) is 11.8 Å². The Hall–Kier alpha value is -3.19. The molecule has 0 saturated carbocycles. The van der Waals surface area contributed by atoms with Gasteiger partial charge in [-0.15, -0.1) is 0 Å². The summed E-state index contributed by atoms with van der Waals surface area (Å²) < 4.78 is 5.80. The standard InChI is InChI=1S/C18H13N3O/c19-10-14-16(15-6-3-9-21-15)13-8-7-11-4-1-2-5-12(11)17(13)22-18(14)20/h1-9,16,21H,20H2/t16-/m1/s1. The minimum atomic E-state index is -0.228. The van der Waals surface area contributed by atoms with Gasteiger partial charge in [0.05, 0.1) is 5.92 Å². The molecule has 4 rings (SSSR count). The number of nitrogens with two attached hydrogens (primary N) is 1. The number of nitrogens with one attached hydrogen (secondary N) is 1. The molecular formula is C18H13N3O. The average molecular weight is 287 g/mol. The monoisotopic (exact) mass is 287 g/mol. The van der Waals surface area contributed by atoms with Crippen molar-refractivity contribution in [2.75, 3.05) is 0 Å². The van der Waals surface area contributed by atoms with Crippen LogP contribution in [0.15, 0.2) is 66.2 Å². The van der Waals surface area contributed by atoms with Gasteiger partial charge in [-0.05, 0) is 17.5 Å². The summed E-state index contributed by atoms with van der Waals surface area (Å²) in [7, 11) is 0. The van der Waals surface area contributed by atoms with Crippen molar-refractivity contribution in [2.24, 2.45) is 5.73 Å². The minimum absolute atomic E-state index is 0.172. The van der Waals surface area contributed by atoms with E-state index in [1.165, 1.54) is 0 Å². The number of aromatic nitrogens is 1. The van der Waals surface area contributed by atoms with Crippen LogP contribution in [0.4, 0.5) is 0 Å². The number of hydrogen-bond acceptors (Lipinski definition) is 3. The number of H-pyrrole nitrogens is 1. The van der Waals surface area contributed by atoms with Gasteiger partial charge >= 0.3 is 0 Å². The molecule has 1 aliphatic rings. The quantitative estimate of drug-likeness (QED) is 0.720. The highest BCUT2D eigenvalue weighted by Gasteiger charge is 2.32. The number of allylic oxidation sites excluding steroid dienone is 1. The molecule has 0 amide bonds. The van der Waals surface area contributed by atoms with Crippen LogP contribution in [-0.4, -0.2) is 4.98 Å². The highest BCUT2D eigenvalue weighted by molar-refractivity contribution is 5.90. The van der Waals surface area contributed by atoms with Crippen LogP contribution >= 0.6 is 0 Å². The molecule has 22 heavy (non-hydrogen) atoms. The number of aromatic amines is 1. The molecule has 1 aromatic heterocycles. The largest absolute Gasteiger partial charge is 0.440 e. The van der Waals surface area contributed by atoms with E-state index in [-0.39, 0.29) is 11.8 Å². The van der Waals surface area contributed by atoms with E-state index in [0.29, 0.717) is 5.57 Å². The van der Waals surface area contributed by atoms with E-state index in [4.69, 9.17) is 10.5 Å². The van der Waals surface area contributed by atoms with Gasteiger partial charge in [-0.1, -0.05) is 36.4 Å². The van der Waals surface area contributed by atoms with E-state index >= 15 is 0 Å². The summed E-state index contributed by atoms with van der Waals surface area (Å²) in [6, 6.07) is 18.1. The maximum atomic E-state index is 9.49. The Kier molecular flexibility index (Phi) is 2.67. The molecule has 0 spiro atoms. The van der Waals surface area contributed by atoms with Crippen LogP contribution < -0.4 is 10.5 Å². The molecule has 3 N–H and O–H groups in total. The normalized spacial score (nSPS) is 17.0. The van der Waals surface area contributed by atoms with E-state index < -0.39 is 0 Å². The highest BCUT2D eigenvalue weighted by Crippen LogP contribution is 2.44. The van der Waals surface area contributed by atoms with Crippen LogP contribution in [0.2, 0.25) is 0 Å². The van der Waals surface area contributed by atoms with Crippen molar-refractivity contribution in [1.29, 1.82) is 5.26 Å². The van der Waals surface area contributed by atoms with E-state index in [1.54, 1.807) is 0 Å². The van der Waals surface area contributed by atoms with Crippen molar-refractivity contribution >= 4 is 10.8 Å². The molecule has 0 aliphatic carbocycles. The molecule has 0 saturated heterocycles. The first kappa shape index (κ1) is 12.5. The number of benzene rings is 2. The van der Waals surface area contributed by atoms with Gasteiger partial charge in [0.25, 0.3) is 0 Å². The predicted molar refractivity (Wildman–Crippen MR) is 84.0 cm³/mol. The maximum absolute atomic E-state index is 9.49. The molecule has 2 aromatic carbocycles. The molecule has 3 aromatic rings. The Morgan fingerprint density at radius 1 is 1.09 bits per heavy atom. The van der Waals surface area contributed by atoms with E-state index in [0.717, 1.165) is 27.8 Å². The maximum Gasteiger partial charge on any atom is 0.205 e. The first-order valence-electron chi connectivity index (χ1n) is 7.02. The van der Waals surface area contributed by atoms with Crippen molar-refractivity contribution in [1.82, 2.24) is 4.98 Å². The summed E-state index contributed by atoms with van der Waals surface area (Å²) in [6.07, 6.45) is 1.84. The summed E-state index contributed by atoms with van der Waals surface area (Å²) in [6.45, 7) is 0. The third-order valence-corrected chi connectivity index (χ3v) is 4.04. The number of fused-ring (bicyclic) bond motifs is 3. The number of ether oxygens (including phenoxy) is 1. The van der Waals surface area contributed by atoms with Crippen LogP contribution in [0.5, 0.6) is 5.75 Å². The molecule has 0 unspecified atom stereocenters. The van der Waals surface area contributed by atoms with E-state index in [9.17, 15) is 5.26 Å². The predicted octanol–water partition coefficient (Wildman–Crippen LogP) is 3.39. The molecule has 4 heteroatoms. The topological polar surface area (TPSA) is 74.8 Å². The zero-order valence-corrected chi connectivity index (χ0v) is 11.7. The second-order valence-corrected chi connectivity index (χ2v) is 5.26. The summed E-state index contributed by atoms with van der Waals surface area (Å²) >= 11 is 0. The van der Waals surface area contributed by atoms with Gasteiger partial charge in [0.1, 0.15) is 17.4 Å². The first-order chi connectivity index (χ1) is 10.8. The van der Waals surface area contributed by atoms with Gasteiger partial charge in [-0.25, -0.2) is 0 Å². The molecule has 1 aliphatic heterocycles. The van der Waals surface area contributed by atoms with Crippen molar-refractivity contribution < 1.29 is 4.74 Å². The fraction of sp³-hybridized carbons (Fsp3) is 0.0556. The van der Waals surface area contributed by atoms with Crippen LogP contribution in [0, 0.1) is 11.3 Å². The average Bonchev–Trinajstić information content (AvgIpc) is 3.07.